The van der Waals surface area contributed by atoms with Crippen LogP contribution < -0.4 is 5.43 Å². The maximum absolute atomic E-state index is 12.5. The normalized spacial score (nSPS) is 15.8. The van der Waals surface area contributed by atoms with E-state index in [0.29, 0.717) is 23.5 Å². The summed E-state index contributed by atoms with van der Waals surface area (Å²) in [6.45, 7) is 6.34. The molecule has 4 aromatic rings. The first kappa shape index (κ1) is 18.5. The highest BCUT2D eigenvalue weighted by atomic mass is 16.4. The van der Waals surface area contributed by atoms with Crippen LogP contribution in [0.3, 0.4) is 0 Å². The molecule has 4 heterocycles. The molecule has 0 fully saturated rings. The lowest BCUT2D eigenvalue weighted by Crippen LogP contribution is -2.32. The van der Waals surface area contributed by atoms with Crippen molar-refractivity contribution in [2.24, 2.45) is 5.41 Å². The zero-order valence-electron chi connectivity index (χ0n) is 16.9. The van der Waals surface area contributed by atoms with Crippen molar-refractivity contribution in [3.63, 3.8) is 0 Å². The Balaban J connectivity index is 1.77. The van der Waals surface area contributed by atoms with Gasteiger partial charge in [0.1, 0.15) is 16.9 Å². The first-order valence-corrected chi connectivity index (χ1v) is 9.83. The second kappa shape index (κ2) is 6.23. The molecule has 6 heteroatoms. The first-order chi connectivity index (χ1) is 14.2. The summed E-state index contributed by atoms with van der Waals surface area (Å²) in [4.78, 5) is 24.0. The van der Waals surface area contributed by atoms with E-state index in [0.717, 1.165) is 22.3 Å². The number of rotatable bonds is 2. The van der Waals surface area contributed by atoms with Crippen LogP contribution in [-0.2, 0) is 6.42 Å². The van der Waals surface area contributed by atoms with Crippen molar-refractivity contribution in [2.45, 2.75) is 33.2 Å². The number of aromatic nitrogens is 1. The smallest absolute Gasteiger partial charge is 0.341 e. The fourth-order valence-electron chi connectivity index (χ4n) is 4.32. The van der Waals surface area contributed by atoms with Crippen LogP contribution in [0.1, 0.15) is 42.7 Å². The van der Waals surface area contributed by atoms with Gasteiger partial charge in [0.05, 0.1) is 12.0 Å². The van der Waals surface area contributed by atoms with Gasteiger partial charge < -0.3 is 18.5 Å². The van der Waals surface area contributed by atoms with Gasteiger partial charge in [-0.25, -0.2) is 4.79 Å². The third-order valence-electron chi connectivity index (χ3n) is 5.87. The summed E-state index contributed by atoms with van der Waals surface area (Å²) in [5.74, 6) is 0.152. The molecule has 0 amide bonds. The Labute approximate surface area is 172 Å². The highest BCUT2D eigenvalue weighted by Gasteiger charge is 2.36. The molecule has 5 rings (SSSR count). The lowest BCUT2D eigenvalue weighted by molar-refractivity contribution is 0.0693. The van der Waals surface area contributed by atoms with Crippen molar-refractivity contribution >= 4 is 16.9 Å². The number of fused-ring (bicyclic) bond motifs is 5. The van der Waals surface area contributed by atoms with Crippen molar-refractivity contribution < 1.29 is 18.7 Å². The monoisotopic (exact) mass is 403 g/mol. The fourth-order valence-corrected chi connectivity index (χ4v) is 4.32. The molecule has 1 aliphatic heterocycles. The van der Waals surface area contributed by atoms with Crippen LogP contribution >= 0.6 is 0 Å². The summed E-state index contributed by atoms with van der Waals surface area (Å²) in [6.07, 6.45) is 3.77. The Morgan fingerprint density at radius 2 is 2.00 bits per heavy atom. The van der Waals surface area contributed by atoms with Crippen LogP contribution in [-0.4, -0.2) is 15.6 Å². The molecule has 1 aliphatic rings. The topological polar surface area (TPSA) is 85.6 Å². The Morgan fingerprint density at radius 3 is 2.67 bits per heavy atom. The van der Waals surface area contributed by atoms with Gasteiger partial charge in [-0.3, -0.25) is 4.79 Å². The van der Waals surface area contributed by atoms with Gasteiger partial charge in [0.15, 0.2) is 11.2 Å². The summed E-state index contributed by atoms with van der Waals surface area (Å²) in [6, 6.07) is 11.0. The number of pyridine rings is 1. The van der Waals surface area contributed by atoms with Gasteiger partial charge in [-0.1, -0.05) is 32.9 Å². The summed E-state index contributed by atoms with van der Waals surface area (Å²) >= 11 is 0. The van der Waals surface area contributed by atoms with E-state index in [-0.39, 0.29) is 17.0 Å². The van der Waals surface area contributed by atoms with E-state index in [9.17, 15) is 14.7 Å². The van der Waals surface area contributed by atoms with E-state index in [1.165, 1.54) is 12.3 Å². The molecular formula is C24H21NO5. The van der Waals surface area contributed by atoms with Crippen LogP contribution in [0, 0.1) is 5.41 Å². The molecule has 0 spiro atoms. The molecule has 0 saturated carbocycles. The van der Waals surface area contributed by atoms with Gasteiger partial charge in [-0.15, -0.1) is 0 Å². The molecule has 1 atom stereocenters. The minimum Gasteiger partial charge on any atom is -0.477 e. The number of carbonyl (C=O) groups is 1. The summed E-state index contributed by atoms with van der Waals surface area (Å²) in [5.41, 5.74) is 2.36. The third kappa shape index (κ3) is 2.71. The Morgan fingerprint density at radius 1 is 1.20 bits per heavy atom. The summed E-state index contributed by atoms with van der Waals surface area (Å²) < 4.78 is 13.6. The summed E-state index contributed by atoms with van der Waals surface area (Å²) in [5, 5.41) is 10.4. The number of nitrogens with zero attached hydrogens (tertiary/aromatic N) is 1. The van der Waals surface area contributed by atoms with Gasteiger partial charge in [-0.05, 0) is 30.0 Å². The van der Waals surface area contributed by atoms with Gasteiger partial charge >= 0.3 is 5.97 Å². The molecule has 1 aromatic carbocycles. The summed E-state index contributed by atoms with van der Waals surface area (Å²) in [7, 11) is 0. The molecule has 6 nitrogen and oxygen atoms in total. The van der Waals surface area contributed by atoms with Crippen LogP contribution in [0.15, 0.2) is 62.5 Å². The first-order valence-electron chi connectivity index (χ1n) is 9.83. The Hall–Kier alpha value is -3.54. The lowest BCUT2D eigenvalue weighted by Gasteiger charge is -2.37. The maximum Gasteiger partial charge on any atom is 0.341 e. The van der Waals surface area contributed by atoms with E-state index >= 15 is 0 Å². The van der Waals surface area contributed by atoms with E-state index in [1.54, 1.807) is 6.26 Å². The number of hydrogen-bond acceptors (Lipinski definition) is 4. The molecule has 0 radical (unpaired) electrons. The standard InChI is InChI=1S/C24H21NO5/c1-24(2,3)21-10-15-14-7-6-13(19-5-4-8-29-19)9-20(14)30-22(15)17-11-18(26)16(23(27)28)12-25(17)21/h4-9,11-12,21H,10H2,1-3H3,(H,27,28). The van der Waals surface area contributed by atoms with E-state index in [4.69, 9.17) is 8.83 Å². The van der Waals surface area contributed by atoms with Gasteiger partial charge in [-0.2, -0.15) is 0 Å². The van der Waals surface area contributed by atoms with Crippen LogP contribution in [0.5, 0.6) is 0 Å². The predicted octanol–water partition coefficient (Wildman–Crippen LogP) is 5.36. The average Bonchev–Trinajstić information content (AvgIpc) is 3.33. The second-order valence-electron chi connectivity index (χ2n) is 8.83. The number of hydrogen-bond donors (Lipinski definition) is 1. The van der Waals surface area contributed by atoms with Gasteiger partial charge in [0.25, 0.3) is 0 Å². The number of carboxylic acids is 1. The van der Waals surface area contributed by atoms with Crippen LogP contribution in [0.4, 0.5) is 0 Å². The second-order valence-corrected chi connectivity index (χ2v) is 8.83. The predicted molar refractivity (Wildman–Crippen MR) is 113 cm³/mol. The number of furan rings is 2. The molecule has 152 valence electrons. The molecule has 1 N–H and O–H groups in total. The van der Waals surface area contributed by atoms with Gasteiger partial charge in [0.2, 0.25) is 0 Å². The molecule has 30 heavy (non-hydrogen) atoms. The number of benzene rings is 1. The highest BCUT2D eigenvalue weighted by Crippen LogP contribution is 2.46. The van der Waals surface area contributed by atoms with Crippen molar-refractivity contribution in [3.8, 4) is 22.8 Å². The SMILES string of the molecule is CC(C)(C)C1Cc2c(oc3cc(-c4ccco4)ccc23)-c2cc(=O)c(C(=O)O)cn21. The number of carboxylic acid groups (broad SMARTS) is 1. The average molecular weight is 403 g/mol. The van der Waals surface area contributed by atoms with E-state index in [1.807, 2.05) is 34.9 Å². The quantitative estimate of drug-likeness (QED) is 0.487. The highest BCUT2D eigenvalue weighted by molar-refractivity contribution is 5.92. The van der Waals surface area contributed by atoms with Crippen molar-refractivity contribution in [1.82, 2.24) is 4.57 Å². The van der Waals surface area contributed by atoms with Gasteiger partial charge in [0, 0.05) is 34.8 Å². The molecule has 0 saturated heterocycles. The molecular weight excluding hydrogens is 382 g/mol. The zero-order chi connectivity index (χ0) is 21.2. The molecule has 3 aromatic heterocycles. The largest absolute Gasteiger partial charge is 0.477 e. The van der Waals surface area contributed by atoms with Crippen molar-refractivity contribution in [3.05, 3.63) is 70.2 Å². The maximum atomic E-state index is 12.5. The Bertz CT molecular complexity index is 1350. The lowest BCUT2D eigenvalue weighted by atomic mass is 9.79. The Kier molecular flexibility index (Phi) is 3.84. The minimum absolute atomic E-state index is 0.0238. The molecule has 0 aliphatic carbocycles. The van der Waals surface area contributed by atoms with Crippen LogP contribution in [0.2, 0.25) is 0 Å². The van der Waals surface area contributed by atoms with Crippen molar-refractivity contribution in [1.29, 1.82) is 0 Å². The fraction of sp³-hybridized carbons (Fsp3) is 0.250. The number of aromatic carboxylic acids is 1. The molecule has 0 bridgehead atoms. The van der Waals surface area contributed by atoms with Crippen molar-refractivity contribution in [2.75, 3.05) is 0 Å². The molecule has 1 unspecified atom stereocenters. The van der Waals surface area contributed by atoms with E-state index in [2.05, 4.69) is 20.8 Å². The zero-order valence-corrected chi connectivity index (χ0v) is 16.9. The third-order valence-corrected chi connectivity index (χ3v) is 5.87. The minimum atomic E-state index is -1.22. The van der Waals surface area contributed by atoms with Crippen LogP contribution in [0.25, 0.3) is 33.7 Å². The van der Waals surface area contributed by atoms with E-state index < -0.39 is 11.4 Å².